The van der Waals surface area contributed by atoms with Crippen molar-refractivity contribution in [2.45, 2.75) is 39.4 Å². The van der Waals surface area contributed by atoms with Gasteiger partial charge < -0.3 is 33.7 Å². The number of aromatic nitrogens is 3. The van der Waals surface area contributed by atoms with Gasteiger partial charge in [-0.15, -0.1) is 0 Å². The third-order valence-corrected chi connectivity index (χ3v) is 8.03. The number of esters is 1. The van der Waals surface area contributed by atoms with Gasteiger partial charge in [0, 0.05) is 31.4 Å². The normalized spacial score (nSPS) is 10.9. The van der Waals surface area contributed by atoms with Gasteiger partial charge in [-0.3, -0.25) is 4.79 Å². The molecule has 1 N–H and O–H groups in total. The number of nitrogens with zero attached hydrogens (tertiary/aromatic N) is 4. The number of anilines is 2. The first kappa shape index (κ1) is 33.8. The van der Waals surface area contributed by atoms with E-state index in [0.717, 1.165) is 41.0 Å². The first-order valence-corrected chi connectivity index (χ1v) is 15.8. The highest BCUT2D eigenvalue weighted by Gasteiger charge is 2.19. The Morgan fingerprint density at radius 3 is 2.04 bits per heavy atom. The smallest absolute Gasteiger partial charge is 0.337 e. The number of carbonyl (C=O) groups excluding carboxylic acids is 1. The number of nitrogens with one attached hydrogen (secondary N) is 1. The molecule has 0 aliphatic heterocycles. The van der Waals surface area contributed by atoms with Gasteiger partial charge >= 0.3 is 5.97 Å². The number of pyridine rings is 1. The van der Waals surface area contributed by atoms with Gasteiger partial charge in [0.05, 0.1) is 46.1 Å². The molecule has 0 bridgehead atoms. The number of carbonyl (C=O) groups is 1. The van der Waals surface area contributed by atoms with Crippen LogP contribution in [0.25, 0.3) is 10.9 Å². The molecule has 0 aliphatic rings. The third-order valence-electron chi connectivity index (χ3n) is 8.03. The van der Waals surface area contributed by atoms with Crippen molar-refractivity contribution in [2.75, 3.05) is 45.2 Å². The molecule has 5 rings (SSSR count). The number of fused-ring (bicyclic) bond motifs is 1. The van der Waals surface area contributed by atoms with Crippen LogP contribution < -0.4 is 30.0 Å². The van der Waals surface area contributed by atoms with Gasteiger partial charge in [-0.05, 0) is 60.0 Å². The van der Waals surface area contributed by atoms with E-state index in [-0.39, 0.29) is 12.1 Å². The van der Waals surface area contributed by atoms with E-state index in [0.29, 0.717) is 53.6 Å². The van der Waals surface area contributed by atoms with Crippen molar-refractivity contribution in [2.24, 2.45) is 0 Å². The molecule has 250 valence electrons. The van der Waals surface area contributed by atoms with Crippen LogP contribution in [0.4, 0.5) is 11.8 Å². The Morgan fingerprint density at radius 2 is 1.48 bits per heavy atom. The molecule has 11 nitrogen and oxygen atoms in total. The lowest BCUT2D eigenvalue weighted by molar-refractivity contribution is 0.0600. The fraction of sp³-hybridized carbons (Fsp3) is 0.297. The Hall–Kier alpha value is -5.58. The van der Waals surface area contributed by atoms with Crippen molar-refractivity contribution in [1.29, 1.82) is 0 Å². The molecule has 11 heteroatoms. The van der Waals surface area contributed by atoms with E-state index in [1.807, 2.05) is 54.6 Å². The fourth-order valence-corrected chi connectivity index (χ4v) is 5.35. The van der Waals surface area contributed by atoms with E-state index in [1.54, 1.807) is 43.2 Å². The Kier molecular flexibility index (Phi) is 11.1. The topological polar surface area (TPSA) is 117 Å². The van der Waals surface area contributed by atoms with Crippen molar-refractivity contribution in [3.8, 4) is 17.2 Å². The van der Waals surface area contributed by atoms with Crippen LogP contribution in [0, 0.1) is 0 Å². The highest BCUT2D eigenvalue weighted by molar-refractivity contribution is 5.90. The SMILES string of the molecule is CCCCNc1nc(N(Cc2ccc(OC)cc2)Cc2ccc(OC)cc2)nc2ccn(Cc3ccc(C(=O)OC)cc3OC)c(=O)c12. The molecule has 0 spiro atoms. The van der Waals surface area contributed by atoms with Gasteiger partial charge in [-0.2, -0.15) is 4.98 Å². The van der Waals surface area contributed by atoms with Crippen molar-refractivity contribution in [3.63, 3.8) is 0 Å². The lowest BCUT2D eigenvalue weighted by atomic mass is 10.1. The average Bonchev–Trinajstić information content (AvgIpc) is 3.12. The second kappa shape index (κ2) is 15.8. The monoisotopic (exact) mass is 651 g/mol. The molecule has 0 amide bonds. The maximum absolute atomic E-state index is 14.1. The van der Waals surface area contributed by atoms with Crippen LogP contribution in [-0.4, -0.2) is 55.5 Å². The molecule has 0 fully saturated rings. The van der Waals surface area contributed by atoms with Crippen molar-refractivity contribution < 1.29 is 23.7 Å². The minimum absolute atomic E-state index is 0.219. The molecule has 5 aromatic rings. The van der Waals surface area contributed by atoms with Crippen LogP contribution >= 0.6 is 0 Å². The summed E-state index contributed by atoms with van der Waals surface area (Å²) in [6.45, 7) is 4.03. The first-order valence-electron chi connectivity index (χ1n) is 15.8. The largest absolute Gasteiger partial charge is 0.497 e. The summed E-state index contributed by atoms with van der Waals surface area (Å²) in [7, 11) is 6.14. The lowest BCUT2D eigenvalue weighted by Gasteiger charge is -2.24. The third kappa shape index (κ3) is 7.86. The van der Waals surface area contributed by atoms with Crippen LogP contribution in [0.5, 0.6) is 17.2 Å². The summed E-state index contributed by atoms with van der Waals surface area (Å²) in [6.07, 6.45) is 3.62. The molecule has 0 atom stereocenters. The van der Waals surface area contributed by atoms with E-state index >= 15 is 0 Å². The number of methoxy groups -OCH3 is 4. The number of unbranched alkanes of at least 4 members (excludes halogenated alkanes) is 1. The molecule has 2 aromatic heterocycles. The summed E-state index contributed by atoms with van der Waals surface area (Å²) in [5.74, 6) is 2.53. The van der Waals surface area contributed by atoms with Gasteiger partial charge in [0.1, 0.15) is 28.5 Å². The molecule has 2 heterocycles. The Labute approximate surface area is 280 Å². The van der Waals surface area contributed by atoms with Gasteiger partial charge in [-0.1, -0.05) is 43.7 Å². The quantitative estimate of drug-likeness (QED) is 0.106. The maximum atomic E-state index is 14.1. The zero-order chi connectivity index (χ0) is 34.0. The first-order chi connectivity index (χ1) is 23.4. The van der Waals surface area contributed by atoms with Crippen molar-refractivity contribution in [3.05, 3.63) is 112 Å². The van der Waals surface area contributed by atoms with Crippen LogP contribution in [0.15, 0.2) is 83.8 Å². The number of ether oxygens (including phenoxy) is 4. The molecular formula is C37H41N5O6. The van der Waals surface area contributed by atoms with Crippen LogP contribution in [-0.2, 0) is 24.4 Å². The Morgan fingerprint density at radius 1 is 0.833 bits per heavy atom. The predicted octanol–water partition coefficient (Wildman–Crippen LogP) is 6.07. The van der Waals surface area contributed by atoms with E-state index in [1.165, 1.54) is 14.2 Å². The minimum atomic E-state index is -0.466. The Bertz CT molecular complexity index is 1860. The van der Waals surface area contributed by atoms with Crippen LogP contribution in [0.1, 0.15) is 46.8 Å². The highest BCUT2D eigenvalue weighted by Crippen LogP contribution is 2.26. The summed E-state index contributed by atoms with van der Waals surface area (Å²) in [6, 6.07) is 22.7. The van der Waals surface area contributed by atoms with E-state index in [9.17, 15) is 9.59 Å². The predicted molar refractivity (Wildman–Crippen MR) is 187 cm³/mol. The molecule has 3 aromatic carbocycles. The molecule has 0 radical (unpaired) electrons. The highest BCUT2D eigenvalue weighted by atomic mass is 16.5. The standard InChI is InChI=1S/C37H41N5O6/c1-6-7-19-38-34-33-31(18-20-41(35(33)43)24-28-13-12-27(36(44)48-5)21-32(28)47-4)39-37(40-34)42(22-25-8-14-29(45-2)15-9-25)23-26-10-16-30(46-3)17-11-26/h8-18,20-21H,6-7,19,22-24H2,1-5H3,(H,38,39,40). The number of hydrogen-bond donors (Lipinski definition) is 1. The van der Waals surface area contributed by atoms with Crippen molar-refractivity contribution in [1.82, 2.24) is 14.5 Å². The molecule has 0 saturated carbocycles. The molecule has 48 heavy (non-hydrogen) atoms. The minimum Gasteiger partial charge on any atom is -0.497 e. The van der Waals surface area contributed by atoms with Gasteiger partial charge in [0.15, 0.2) is 0 Å². The molecule has 0 unspecified atom stereocenters. The second-order valence-electron chi connectivity index (χ2n) is 11.2. The van der Waals surface area contributed by atoms with Crippen LogP contribution in [0.3, 0.4) is 0 Å². The summed E-state index contributed by atoms with van der Waals surface area (Å²) in [5, 5.41) is 3.82. The fourth-order valence-electron chi connectivity index (χ4n) is 5.35. The summed E-state index contributed by atoms with van der Waals surface area (Å²) >= 11 is 0. The zero-order valence-electron chi connectivity index (χ0n) is 28.0. The number of hydrogen-bond acceptors (Lipinski definition) is 10. The Balaban J connectivity index is 1.57. The lowest BCUT2D eigenvalue weighted by Crippen LogP contribution is -2.27. The van der Waals surface area contributed by atoms with Gasteiger partial charge in [0.25, 0.3) is 5.56 Å². The van der Waals surface area contributed by atoms with E-state index in [4.69, 9.17) is 28.9 Å². The molecule has 0 aliphatic carbocycles. The molecule has 0 saturated heterocycles. The summed E-state index contributed by atoms with van der Waals surface area (Å²) in [5.41, 5.74) is 3.49. The maximum Gasteiger partial charge on any atom is 0.337 e. The number of rotatable bonds is 15. The van der Waals surface area contributed by atoms with Gasteiger partial charge in [0.2, 0.25) is 5.95 Å². The molecular weight excluding hydrogens is 610 g/mol. The van der Waals surface area contributed by atoms with E-state index < -0.39 is 5.97 Å². The van der Waals surface area contributed by atoms with Crippen LogP contribution in [0.2, 0.25) is 0 Å². The number of benzene rings is 3. The average molecular weight is 652 g/mol. The second-order valence-corrected chi connectivity index (χ2v) is 11.2. The van der Waals surface area contributed by atoms with Gasteiger partial charge in [-0.25, -0.2) is 9.78 Å². The van der Waals surface area contributed by atoms with E-state index in [2.05, 4.69) is 17.1 Å². The summed E-state index contributed by atoms with van der Waals surface area (Å²) in [4.78, 5) is 38.2. The summed E-state index contributed by atoms with van der Waals surface area (Å²) < 4.78 is 22.7. The zero-order valence-corrected chi connectivity index (χ0v) is 28.0. The van der Waals surface area contributed by atoms with Crippen molar-refractivity contribution >= 4 is 28.6 Å².